The molecule has 1 amide bonds. The monoisotopic (exact) mass is 361 g/mol. The molecular weight excluding hydrogens is 330 g/mol. The molecule has 0 aromatic heterocycles. The number of ether oxygens (including phenoxy) is 1. The van der Waals surface area contributed by atoms with Gasteiger partial charge in [0.1, 0.15) is 11.3 Å². The summed E-state index contributed by atoms with van der Waals surface area (Å²) in [6, 6.07) is 7.29. The molecule has 0 bridgehead atoms. The van der Waals surface area contributed by atoms with Gasteiger partial charge in [0.25, 0.3) is 0 Å². The lowest BCUT2D eigenvalue weighted by atomic mass is 9.67. The van der Waals surface area contributed by atoms with Gasteiger partial charge < -0.3 is 15.2 Å². The summed E-state index contributed by atoms with van der Waals surface area (Å²) in [5.41, 5.74) is -0.155. The van der Waals surface area contributed by atoms with Crippen molar-refractivity contribution in [3.05, 3.63) is 29.8 Å². The maximum atomic E-state index is 12.7. The fraction of sp³-hybridized carbons (Fsp3) is 0.619. The molecule has 1 unspecified atom stereocenters. The van der Waals surface area contributed by atoms with E-state index >= 15 is 0 Å². The van der Waals surface area contributed by atoms with E-state index in [4.69, 9.17) is 4.74 Å². The van der Waals surface area contributed by atoms with Crippen molar-refractivity contribution >= 4 is 11.9 Å². The van der Waals surface area contributed by atoms with Gasteiger partial charge in [-0.05, 0) is 61.6 Å². The zero-order chi connectivity index (χ0) is 19.5. The molecule has 1 fully saturated rings. The Morgan fingerprint density at radius 1 is 1.19 bits per heavy atom. The Balaban J connectivity index is 2.09. The van der Waals surface area contributed by atoms with Gasteiger partial charge >= 0.3 is 5.97 Å². The molecule has 0 spiro atoms. The smallest absolute Gasteiger partial charge is 0.329 e. The van der Waals surface area contributed by atoms with Gasteiger partial charge in [-0.2, -0.15) is 0 Å². The van der Waals surface area contributed by atoms with Crippen molar-refractivity contribution in [1.29, 1.82) is 0 Å². The maximum absolute atomic E-state index is 12.7. The number of carboxylic acids is 1. The third-order valence-electron chi connectivity index (χ3n) is 5.84. The van der Waals surface area contributed by atoms with Crippen LogP contribution in [-0.4, -0.2) is 29.6 Å². The average Bonchev–Trinajstić information content (AvgIpc) is 2.60. The number of benzene rings is 1. The number of carbonyl (C=O) groups is 2. The molecule has 144 valence electrons. The normalized spacial score (nSPS) is 24.6. The Labute approximate surface area is 156 Å². The molecule has 1 aliphatic carbocycles. The number of rotatable bonds is 5. The molecule has 0 radical (unpaired) electrons. The highest BCUT2D eigenvalue weighted by Crippen LogP contribution is 2.41. The molecule has 1 aromatic rings. The SMILES string of the molecule is COc1ccc(C(C)C(=O)NC2(C(=O)O)CCC(C(C)(C)C)CC2)cc1. The summed E-state index contributed by atoms with van der Waals surface area (Å²) in [4.78, 5) is 24.7. The van der Waals surface area contributed by atoms with E-state index in [1.807, 2.05) is 12.1 Å². The highest BCUT2D eigenvalue weighted by molar-refractivity contribution is 5.90. The van der Waals surface area contributed by atoms with E-state index in [0.717, 1.165) is 24.2 Å². The number of carbonyl (C=O) groups excluding carboxylic acids is 1. The van der Waals surface area contributed by atoms with Crippen LogP contribution in [0.5, 0.6) is 5.75 Å². The minimum absolute atomic E-state index is 0.158. The van der Waals surface area contributed by atoms with Crippen LogP contribution in [0.15, 0.2) is 24.3 Å². The Bertz CT molecular complexity index is 637. The number of aliphatic carboxylic acids is 1. The molecule has 26 heavy (non-hydrogen) atoms. The zero-order valence-electron chi connectivity index (χ0n) is 16.5. The van der Waals surface area contributed by atoms with Crippen LogP contribution in [0.2, 0.25) is 0 Å². The van der Waals surface area contributed by atoms with Crippen LogP contribution < -0.4 is 10.1 Å². The molecule has 5 heteroatoms. The Morgan fingerprint density at radius 3 is 2.15 bits per heavy atom. The van der Waals surface area contributed by atoms with Gasteiger partial charge in [0.15, 0.2) is 0 Å². The van der Waals surface area contributed by atoms with Crippen molar-refractivity contribution in [2.75, 3.05) is 7.11 Å². The maximum Gasteiger partial charge on any atom is 0.329 e. The van der Waals surface area contributed by atoms with Gasteiger partial charge in [-0.1, -0.05) is 32.9 Å². The van der Waals surface area contributed by atoms with Crippen molar-refractivity contribution < 1.29 is 19.4 Å². The first kappa shape index (κ1) is 20.3. The lowest BCUT2D eigenvalue weighted by Crippen LogP contribution is -2.57. The quantitative estimate of drug-likeness (QED) is 0.832. The fourth-order valence-electron chi connectivity index (χ4n) is 3.76. The highest BCUT2D eigenvalue weighted by Gasteiger charge is 2.45. The number of nitrogens with one attached hydrogen (secondary N) is 1. The van der Waals surface area contributed by atoms with E-state index in [0.29, 0.717) is 18.8 Å². The number of amides is 1. The summed E-state index contributed by atoms with van der Waals surface area (Å²) in [6.07, 6.45) is 2.58. The molecule has 0 heterocycles. The molecule has 2 rings (SSSR count). The molecule has 0 saturated heterocycles. The predicted octanol–water partition coefficient (Wildman–Crippen LogP) is 3.97. The number of methoxy groups -OCH3 is 1. The van der Waals surface area contributed by atoms with Crippen LogP contribution in [0, 0.1) is 11.3 Å². The largest absolute Gasteiger partial charge is 0.497 e. The molecular formula is C21H31NO4. The van der Waals surface area contributed by atoms with Crippen molar-refractivity contribution in [3.8, 4) is 5.75 Å². The number of hydrogen-bond donors (Lipinski definition) is 2. The molecule has 1 aromatic carbocycles. The standard InChI is InChI=1S/C21H31NO4/c1-14(15-6-8-17(26-5)9-7-15)18(23)22-21(19(24)25)12-10-16(11-13-21)20(2,3)4/h6-9,14,16H,10-13H2,1-5H3,(H,22,23)(H,24,25). The molecule has 1 aliphatic rings. The Kier molecular flexibility index (Phi) is 5.99. The summed E-state index contributed by atoms with van der Waals surface area (Å²) in [7, 11) is 1.59. The van der Waals surface area contributed by atoms with Gasteiger partial charge in [-0.25, -0.2) is 4.79 Å². The molecule has 0 aliphatic heterocycles. The van der Waals surface area contributed by atoms with Crippen molar-refractivity contribution in [2.24, 2.45) is 11.3 Å². The van der Waals surface area contributed by atoms with Gasteiger partial charge in [-0.15, -0.1) is 0 Å². The van der Waals surface area contributed by atoms with Crippen LogP contribution in [0.25, 0.3) is 0 Å². The van der Waals surface area contributed by atoms with Crippen molar-refractivity contribution in [3.63, 3.8) is 0 Å². The summed E-state index contributed by atoms with van der Waals surface area (Å²) in [5.74, 6) is -0.390. The summed E-state index contributed by atoms with van der Waals surface area (Å²) in [5, 5.41) is 12.7. The van der Waals surface area contributed by atoms with Crippen molar-refractivity contribution in [1.82, 2.24) is 5.32 Å². The summed E-state index contributed by atoms with van der Waals surface area (Å²) >= 11 is 0. The minimum Gasteiger partial charge on any atom is -0.497 e. The minimum atomic E-state index is -1.15. The second kappa shape index (κ2) is 7.68. The van der Waals surface area contributed by atoms with E-state index in [1.54, 1.807) is 26.2 Å². The van der Waals surface area contributed by atoms with E-state index in [-0.39, 0.29) is 11.3 Å². The third kappa shape index (κ3) is 4.37. The number of carboxylic acid groups (broad SMARTS) is 1. The van der Waals surface area contributed by atoms with Gasteiger partial charge in [-0.3, -0.25) is 4.79 Å². The highest BCUT2D eigenvalue weighted by atomic mass is 16.5. The topological polar surface area (TPSA) is 75.6 Å². The van der Waals surface area contributed by atoms with E-state index in [9.17, 15) is 14.7 Å². The van der Waals surface area contributed by atoms with Gasteiger partial charge in [0, 0.05) is 0 Å². The molecule has 5 nitrogen and oxygen atoms in total. The fourth-order valence-corrected chi connectivity index (χ4v) is 3.76. The lowest BCUT2D eigenvalue weighted by Gasteiger charge is -2.42. The van der Waals surface area contributed by atoms with E-state index < -0.39 is 17.4 Å². The molecule has 1 saturated carbocycles. The van der Waals surface area contributed by atoms with Crippen LogP contribution in [0.4, 0.5) is 0 Å². The second-order valence-electron chi connectivity index (χ2n) is 8.51. The van der Waals surface area contributed by atoms with Gasteiger partial charge in [0.05, 0.1) is 13.0 Å². The first-order valence-corrected chi connectivity index (χ1v) is 9.28. The van der Waals surface area contributed by atoms with Crippen LogP contribution >= 0.6 is 0 Å². The van der Waals surface area contributed by atoms with Crippen molar-refractivity contribution in [2.45, 2.75) is 64.8 Å². The Morgan fingerprint density at radius 2 is 1.73 bits per heavy atom. The summed E-state index contributed by atoms with van der Waals surface area (Å²) in [6.45, 7) is 8.37. The zero-order valence-corrected chi connectivity index (χ0v) is 16.5. The Hall–Kier alpha value is -2.04. The third-order valence-corrected chi connectivity index (χ3v) is 5.84. The first-order chi connectivity index (χ1) is 12.1. The second-order valence-corrected chi connectivity index (χ2v) is 8.51. The predicted molar refractivity (Wildman–Crippen MR) is 101 cm³/mol. The van der Waals surface area contributed by atoms with E-state index in [2.05, 4.69) is 26.1 Å². The van der Waals surface area contributed by atoms with E-state index in [1.165, 1.54) is 0 Å². The van der Waals surface area contributed by atoms with Crippen LogP contribution in [0.1, 0.15) is 64.9 Å². The van der Waals surface area contributed by atoms with Gasteiger partial charge in [0.2, 0.25) is 5.91 Å². The van der Waals surface area contributed by atoms with Crippen LogP contribution in [-0.2, 0) is 9.59 Å². The average molecular weight is 361 g/mol. The molecule has 1 atom stereocenters. The first-order valence-electron chi connectivity index (χ1n) is 9.28. The van der Waals surface area contributed by atoms with Crippen LogP contribution in [0.3, 0.4) is 0 Å². The lowest BCUT2D eigenvalue weighted by molar-refractivity contribution is -0.150. The summed E-state index contributed by atoms with van der Waals surface area (Å²) < 4.78 is 5.14. The molecule has 2 N–H and O–H groups in total. The number of hydrogen-bond acceptors (Lipinski definition) is 3.